The number of pyridine rings is 1. The van der Waals surface area contributed by atoms with Gasteiger partial charge in [-0.15, -0.1) is 0 Å². The minimum absolute atomic E-state index is 0.0725. The second kappa shape index (κ2) is 8.31. The third kappa shape index (κ3) is 4.54. The van der Waals surface area contributed by atoms with Crippen molar-refractivity contribution in [3.63, 3.8) is 0 Å². The maximum absolute atomic E-state index is 13.1. The Hall–Kier alpha value is -3.41. The minimum atomic E-state index is -0.243. The Kier molecular flexibility index (Phi) is 5.42. The van der Waals surface area contributed by atoms with Gasteiger partial charge in [-0.3, -0.25) is 9.78 Å². The van der Waals surface area contributed by atoms with E-state index in [1.807, 2.05) is 36.1 Å². The van der Waals surface area contributed by atoms with E-state index in [1.165, 1.54) is 17.7 Å². The fourth-order valence-corrected chi connectivity index (χ4v) is 3.50. The van der Waals surface area contributed by atoms with E-state index in [4.69, 9.17) is 0 Å². The summed E-state index contributed by atoms with van der Waals surface area (Å²) in [7, 11) is 0. The molecule has 1 fully saturated rings. The maximum atomic E-state index is 13.1. The highest BCUT2D eigenvalue weighted by molar-refractivity contribution is 5.93. The van der Waals surface area contributed by atoms with Gasteiger partial charge in [0.15, 0.2) is 0 Å². The molecule has 5 nitrogen and oxygen atoms in total. The largest absolute Gasteiger partial charge is 0.368 e. The van der Waals surface area contributed by atoms with Crippen LogP contribution in [-0.2, 0) is 0 Å². The molecule has 0 spiro atoms. The summed E-state index contributed by atoms with van der Waals surface area (Å²) in [5.74, 6) is -0.315. The summed E-state index contributed by atoms with van der Waals surface area (Å²) < 4.78 is 13.1. The molecule has 1 N–H and O–H groups in total. The standard InChI is InChI=1S/C23H23FN4O/c1-17-3-2-4-19(15-17)26-20-9-10-25-22(16-20)23(29)28-13-11-27(12-14-28)21-7-5-18(24)6-8-21/h2-10,15-16H,11-14H2,1H3,(H,25,26). The van der Waals surface area contributed by atoms with Crippen LogP contribution in [0.1, 0.15) is 16.1 Å². The van der Waals surface area contributed by atoms with Crippen molar-refractivity contribution < 1.29 is 9.18 Å². The molecule has 0 radical (unpaired) electrons. The Bertz CT molecular complexity index is 998. The summed E-state index contributed by atoms with van der Waals surface area (Å²) in [4.78, 5) is 21.2. The molecule has 0 atom stereocenters. The molecule has 6 heteroatoms. The Labute approximate surface area is 169 Å². The molecule has 4 rings (SSSR count). The number of benzene rings is 2. The van der Waals surface area contributed by atoms with Crippen molar-refractivity contribution in [2.75, 3.05) is 36.4 Å². The normalized spacial score (nSPS) is 14.0. The first kappa shape index (κ1) is 18.9. The van der Waals surface area contributed by atoms with Crippen molar-refractivity contribution in [2.24, 2.45) is 0 Å². The molecule has 0 unspecified atom stereocenters. The van der Waals surface area contributed by atoms with E-state index in [9.17, 15) is 9.18 Å². The third-order valence-electron chi connectivity index (χ3n) is 5.04. The van der Waals surface area contributed by atoms with E-state index in [2.05, 4.69) is 21.3 Å². The molecular weight excluding hydrogens is 367 g/mol. The number of hydrogen-bond donors (Lipinski definition) is 1. The van der Waals surface area contributed by atoms with Gasteiger partial charge in [-0.05, 0) is 61.0 Å². The fraction of sp³-hybridized carbons (Fsp3) is 0.217. The van der Waals surface area contributed by atoms with Crippen molar-refractivity contribution in [1.82, 2.24) is 9.88 Å². The zero-order chi connectivity index (χ0) is 20.2. The van der Waals surface area contributed by atoms with E-state index < -0.39 is 0 Å². The quantitative estimate of drug-likeness (QED) is 0.724. The van der Waals surface area contributed by atoms with Crippen LogP contribution in [0.25, 0.3) is 0 Å². The number of carbonyl (C=O) groups excluding carboxylic acids is 1. The predicted molar refractivity (Wildman–Crippen MR) is 113 cm³/mol. The van der Waals surface area contributed by atoms with E-state index in [1.54, 1.807) is 24.4 Å². The zero-order valence-electron chi connectivity index (χ0n) is 16.3. The Morgan fingerprint density at radius 1 is 0.966 bits per heavy atom. The SMILES string of the molecule is Cc1cccc(Nc2ccnc(C(=O)N3CCN(c4ccc(F)cc4)CC3)c2)c1. The van der Waals surface area contributed by atoms with Crippen molar-refractivity contribution >= 4 is 23.0 Å². The number of amides is 1. The first-order chi connectivity index (χ1) is 14.1. The molecule has 29 heavy (non-hydrogen) atoms. The maximum Gasteiger partial charge on any atom is 0.272 e. The molecule has 2 heterocycles. The van der Waals surface area contributed by atoms with E-state index >= 15 is 0 Å². The van der Waals surface area contributed by atoms with Gasteiger partial charge in [0.1, 0.15) is 11.5 Å². The van der Waals surface area contributed by atoms with Gasteiger partial charge in [0.05, 0.1) is 0 Å². The first-order valence-electron chi connectivity index (χ1n) is 9.68. The van der Waals surface area contributed by atoms with E-state index in [-0.39, 0.29) is 11.7 Å². The van der Waals surface area contributed by atoms with Crippen LogP contribution in [0.3, 0.4) is 0 Å². The van der Waals surface area contributed by atoms with E-state index in [0.717, 1.165) is 17.1 Å². The summed E-state index contributed by atoms with van der Waals surface area (Å²) in [6.07, 6.45) is 1.65. The number of anilines is 3. The van der Waals surface area contributed by atoms with Gasteiger partial charge < -0.3 is 15.1 Å². The molecular formula is C23H23FN4O. The molecule has 0 aliphatic carbocycles. The molecule has 0 saturated carbocycles. The van der Waals surface area contributed by atoms with Crippen molar-refractivity contribution in [1.29, 1.82) is 0 Å². The summed E-state index contributed by atoms with van der Waals surface area (Å²) >= 11 is 0. The summed E-state index contributed by atoms with van der Waals surface area (Å²) in [6.45, 7) is 4.66. The molecule has 148 valence electrons. The van der Waals surface area contributed by atoms with Gasteiger partial charge in [0.2, 0.25) is 0 Å². The molecule has 3 aromatic rings. The lowest BCUT2D eigenvalue weighted by Crippen LogP contribution is -2.49. The van der Waals surface area contributed by atoms with Crippen LogP contribution in [0.4, 0.5) is 21.5 Å². The molecule has 1 amide bonds. The van der Waals surface area contributed by atoms with Crippen LogP contribution in [0.2, 0.25) is 0 Å². The summed E-state index contributed by atoms with van der Waals surface area (Å²) in [5.41, 5.74) is 4.37. The first-order valence-corrected chi connectivity index (χ1v) is 9.68. The van der Waals surface area contributed by atoms with Gasteiger partial charge in [-0.25, -0.2) is 4.39 Å². The Balaban J connectivity index is 1.40. The van der Waals surface area contributed by atoms with Crippen LogP contribution in [-0.4, -0.2) is 42.0 Å². The number of rotatable bonds is 4. The highest BCUT2D eigenvalue weighted by Crippen LogP contribution is 2.20. The van der Waals surface area contributed by atoms with Crippen LogP contribution in [0.15, 0.2) is 66.9 Å². The number of piperazine rings is 1. The lowest BCUT2D eigenvalue weighted by molar-refractivity contribution is 0.0741. The van der Waals surface area contributed by atoms with Crippen molar-refractivity contribution in [3.05, 3.63) is 83.9 Å². The third-order valence-corrected chi connectivity index (χ3v) is 5.04. The lowest BCUT2D eigenvalue weighted by Gasteiger charge is -2.36. The topological polar surface area (TPSA) is 48.5 Å². The number of hydrogen-bond acceptors (Lipinski definition) is 4. The number of halogens is 1. The molecule has 1 saturated heterocycles. The average Bonchev–Trinajstić information content (AvgIpc) is 2.74. The molecule has 1 aliphatic heterocycles. The van der Waals surface area contributed by atoms with Crippen LogP contribution >= 0.6 is 0 Å². The second-order valence-electron chi connectivity index (χ2n) is 7.18. The molecule has 0 bridgehead atoms. The smallest absolute Gasteiger partial charge is 0.272 e. The van der Waals surface area contributed by atoms with Gasteiger partial charge in [-0.1, -0.05) is 12.1 Å². The number of aromatic nitrogens is 1. The highest BCUT2D eigenvalue weighted by Gasteiger charge is 2.23. The Morgan fingerprint density at radius 2 is 1.69 bits per heavy atom. The van der Waals surface area contributed by atoms with Crippen molar-refractivity contribution in [2.45, 2.75) is 6.92 Å². The Morgan fingerprint density at radius 3 is 2.41 bits per heavy atom. The van der Waals surface area contributed by atoms with Crippen LogP contribution in [0.5, 0.6) is 0 Å². The van der Waals surface area contributed by atoms with Gasteiger partial charge in [0, 0.05) is 49.4 Å². The average molecular weight is 390 g/mol. The van der Waals surface area contributed by atoms with Gasteiger partial charge >= 0.3 is 0 Å². The second-order valence-corrected chi connectivity index (χ2v) is 7.18. The fourth-order valence-electron chi connectivity index (χ4n) is 3.50. The number of aryl methyl sites for hydroxylation is 1. The van der Waals surface area contributed by atoms with Crippen LogP contribution in [0, 0.1) is 12.7 Å². The monoisotopic (exact) mass is 390 g/mol. The zero-order valence-corrected chi connectivity index (χ0v) is 16.3. The molecule has 2 aromatic carbocycles. The van der Waals surface area contributed by atoms with E-state index in [0.29, 0.717) is 31.9 Å². The predicted octanol–water partition coefficient (Wildman–Crippen LogP) is 4.24. The minimum Gasteiger partial charge on any atom is -0.368 e. The number of nitrogens with one attached hydrogen (secondary N) is 1. The number of carbonyl (C=O) groups is 1. The lowest BCUT2D eigenvalue weighted by atomic mass is 10.2. The van der Waals surface area contributed by atoms with Crippen LogP contribution < -0.4 is 10.2 Å². The van der Waals surface area contributed by atoms with Gasteiger partial charge in [0.25, 0.3) is 5.91 Å². The van der Waals surface area contributed by atoms with Gasteiger partial charge in [-0.2, -0.15) is 0 Å². The molecule has 1 aliphatic rings. The number of nitrogens with zero attached hydrogens (tertiary/aromatic N) is 3. The summed E-state index contributed by atoms with van der Waals surface area (Å²) in [6, 6.07) is 18.2. The van der Waals surface area contributed by atoms with Crippen molar-refractivity contribution in [3.8, 4) is 0 Å². The summed E-state index contributed by atoms with van der Waals surface area (Å²) in [5, 5.41) is 3.33. The molecule has 1 aromatic heterocycles. The highest BCUT2D eigenvalue weighted by atomic mass is 19.1.